The molecule has 1 aliphatic heterocycles. The summed E-state index contributed by atoms with van der Waals surface area (Å²) in [5.74, 6) is 0.445. The molecule has 0 aromatic heterocycles. The first-order chi connectivity index (χ1) is 6.81. The van der Waals surface area contributed by atoms with E-state index >= 15 is 0 Å². The Hall–Kier alpha value is -0.280. The predicted octanol–water partition coefficient (Wildman–Crippen LogP) is 2.99. The van der Waals surface area contributed by atoms with Crippen LogP contribution in [0.4, 0.5) is 0 Å². The smallest absolute Gasteiger partial charge is 0.185 e. The van der Waals surface area contributed by atoms with Gasteiger partial charge in [0.25, 0.3) is 0 Å². The number of alkyl halides is 1. The van der Waals surface area contributed by atoms with Gasteiger partial charge in [-0.1, -0.05) is 29.8 Å². The Kier molecular flexibility index (Phi) is 3.29. The van der Waals surface area contributed by atoms with Crippen LogP contribution in [0.25, 0.3) is 0 Å². The van der Waals surface area contributed by atoms with Crippen molar-refractivity contribution in [2.75, 3.05) is 12.5 Å². The molecule has 0 unspecified atom stereocenters. The van der Waals surface area contributed by atoms with Crippen LogP contribution in [-0.4, -0.2) is 18.6 Å². The van der Waals surface area contributed by atoms with Crippen molar-refractivity contribution in [3.63, 3.8) is 0 Å². The minimum absolute atomic E-state index is 0.0297. The molecule has 1 aromatic rings. The number of benzene rings is 1. The molecule has 2 nitrogen and oxygen atoms in total. The predicted molar refractivity (Wildman–Crippen MR) is 55.7 cm³/mol. The molecule has 2 atom stereocenters. The van der Waals surface area contributed by atoms with Crippen molar-refractivity contribution in [2.45, 2.75) is 12.4 Å². The fraction of sp³-hybridized carbons (Fsp3) is 0.400. The van der Waals surface area contributed by atoms with E-state index in [2.05, 4.69) is 0 Å². The quantitative estimate of drug-likeness (QED) is 0.731. The minimum atomic E-state index is -0.368. The van der Waals surface area contributed by atoms with Crippen molar-refractivity contribution < 1.29 is 9.47 Å². The Balaban J connectivity index is 2.13. The van der Waals surface area contributed by atoms with E-state index in [1.165, 1.54) is 0 Å². The van der Waals surface area contributed by atoms with Crippen molar-refractivity contribution in [1.82, 2.24) is 0 Å². The lowest BCUT2D eigenvalue weighted by Gasteiger charge is -2.11. The number of halogens is 2. The molecule has 0 amide bonds. The third kappa shape index (κ3) is 2.04. The number of ether oxygens (including phenoxy) is 2. The molecule has 14 heavy (non-hydrogen) atoms. The van der Waals surface area contributed by atoms with Gasteiger partial charge in [-0.05, 0) is 6.07 Å². The molecule has 0 spiro atoms. The summed E-state index contributed by atoms with van der Waals surface area (Å²) in [4.78, 5) is 0. The van der Waals surface area contributed by atoms with E-state index in [1.54, 1.807) is 0 Å². The third-order valence-electron chi connectivity index (χ3n) is 2.08. The van der Waals surface area contributed by atoms with Crippen LogP contribution >= 0.6 is 23.2 Å². The van der Waals surface area contributed by atoms with Gasteiger partial charge in [-0.2, -0.15) is 0 Å². The van der Waals surface area contributed by atoms with E-state index in [0.717, 1.165) is 5.56 Å². The van der Waals surface area contributed by atoms with E-state index in [-0.39, 0.29) is 12.4 Å². The highest BCUT2D eigenvalue weighted by Gasteiger charge is 2.27. The van der Waals surface area contributed by atoms with Gasteiger partial charge >= 0.3 is 0 Å². The van der Waals surface area contributed by atoms with Crippen LogP contribution in [0.1, 0.15) is 11.9 Å². The fourth-order valence-corrected chi connectivity index (χ4v) is 1.74. The zero-order valence-electron chi connectivity index (χ0n) is 7.45. The normalized spacial score (nSPS) is 26.7. The number of hydrogen-bond acceptors (Lipinski definition) is 2. The highest BCUT2D eigenvalue weighted by Crippen LogP contribution is 2.31. The second kappa shape index (κ2) is 4.49. The highest BCUT2D eigenvalue weighted by atomic mass is 35.5. The summed E-state index contributed by atoms with van der Waals surface area (Å²) in [6.07, 6.45) is -0.398. The number of rotatable bonds is 2. The fourth-order valence-electron chi connectivity index (χ4n) is 1.36. The van der Waals surface area contributed by atoms with E-state index < -0.39 is 0 Å². The largest absolute Gasteiger partial charge is 0.346 e. The van der Waals surface area contributed by atoms with Gasteiger partial charge in [0.2, 0.25) is 0 Å². The maximum Gasteiger partial charge on any atom is 0.185 e. The summed E-state index contributed by atoms with van der Waals surface area (Å²) in [7, 11) is 0. The second-order valence-electron chi connectivity index (χ2n) is 3.10. The molecule has 1 saturated heterocycles. The Morgan fingerprint density at radius 2 is 2.14 bits per heavy atom. The van der Waals surface area contributed by atoms with Crippen LogP contribution < -0.4 is 0 Å². The molecule has 76 valence electrons. The molecule has 2 rings (SSSR count). The maximum absolute atomic E-state index is 6.00. The molecule has 1 fully saturated rings. The molecule has 0 bridgehead atoms. The molecule has 1 aliphatic rings. The minimum Gasteiger partial charge on any atom is -0.346 e. The molecule has 4 heteroatoms. The van der Waals surface area contributed by atoms with E-state index in [9.17, 15) is 0 Å². The SMILES string of the molecule is ClC[C@@H]1CO[C@@H](c2ccccc2Cl)O1. The summed E-state index contributed by atoms with van der Waals surface area (Å²) in [6.45, 7) is 0.527. The third-order valence-corrected chi connectivity index (χ3v) is 2.77. The van der Waals surface area contributed by atoms with Gasteiger partial charge < -0.3 is 9.47 Å². The van der Waals surface area contributed by atoms with Crippen molar-refractivity contribution in [3.05, 3.63) is 34.9 Å². The van der Waals surface area contributed by atoms with Crippen LogP contribution in [0.5, 0.6) is 0 Å². The monoisotopic (exact) mass is 232 g/mol. The number of hydrogen-bond donors (Lipinski definition) is 0. The van der Waals surface area contributed by atoms with Gasteiger partial charge in [0.15, 0.2) is 6.29 Å². The molecule has 1 aromatic carbocycles. The molecule has 0 N–H and O–H groups in total. The van der Waals surface area contributed by atoms with Gasteiger partial charge in [0.05, 0.1) is 18.6 Å². The molecular weight excluding hydrogens is 223 g/mol. The molecule has 0 saturated carbocycles. The standard InChI is InChI=1S/C10H10Cl2O2/c11-5-7-6-13-10(14-7)8-3-1-2-4-9(8)12/h1-4,7,10H,5-6H2/t7-,10-/m1/s1. The van der Waals surface area contributed by atoms with E-state index in [1.807, 2.05) is 24.3 Å². The summed E-state index contributed by atoms with van der Waals surface area (Å²) >= 11 is 11.7. The van der Waals surface area contributed by atoms with Crippen LogP contribution in [0.2, 0.25) is 5.02 Å². The second-order valence-corrected chi connectivity index (χ2v) is 3.81. The van der Waals surface area contributed by atoms with E-state index in [0.29, 0.717) is 17.5 Å². The average molecular weight is 233 g/mol. The highest BCUT2D eigenvalue weighted by molar-refractivity contribution is 6.31. The van der Waals surface area contributed by atoms with Gasteiger partial charge in [-0.25, -0.2) is 0 Å². The lowest BCUT2D eigenvalue weighted by Crippen LogP contribution is -2.10. The van der Waals surface area contributed by atoms with Crippen molar-refractivity contribution in [1.29, 1.82) is 0 Å². The zero-order valence-corrected chi connectivity index (χ0v) is 8.96. The van der Waals surface area contributed by atoms with Gasteiger partial charge in [-0.15, -0.1) is 11.6 Å². The van der Waals surface area contributed by atoms with Crippen molar-refractivity contribution >= 4 is 23.2 Å². The summed E-state index contributed by atoms with van der Waals surface area (Å²) in [5.41, 5.74) is 0.863. The first kappa shape index (κ1) is 10.2. The lowest BCUT2D eigenvalue weighted by atomic mass is 10.2. The van der Waals surface area contributed by atoms with Gasteiger partial charge in [0.1, 0.15) is 0 Å². The Labute approximate surface area is 92.7 Å². The average Bonchev–Trinajstić information content (AvgIpc) is 2.67. The maximum atomic E-state index is 6.00. The zero-order chi connectivity index (χ0) is 9.97. The Bertz CT molecular complexity index is 317. The summed E-state index contributed by atoms with van der Waals surface area (Å²) < 4.78 is 11.0. The molecule has 0 aliphatic carbocycles. The summed E-state index contributed by atoms with van der Waals surface area (Å²) in [5, 5.41) is 0.660. The first-order valence-corrected chi connectivity index (χ1v) is 5.30. The van der Waals surface area contributed by atoms with Crippen molar-refractivity contribution in [2.24, 2.45) is 0 Å². The topological polar surface area (TPSA) is 18.5 Å². The van der Waals surface area contributed by atoms with Gasteiger partial charge in [0, 0.05) is 10.6 Å². The van der Waals surface area contributed by atoms with Crippen LogP contribution in [-0.2, 0) is 9.47 Å². The lowest BCUT2D eigenvalue weighted by molar-refractivity contribution is -0.0566. The summed E-state index contributed by atoms with van der Waals surface area (Å²) in [6, 6.07) is 7.49. The molecular formula is C10H10Cl2O2. The van der Waals surface area contributed by atoms with Crippen molar-refractivity contribution in [3.8, 4) is 0 Å². The van der Waals surface area contributed by atoms with Crippen LogP contribution in [0, 0.1) is 0 Å². The molecule has 0 radical (unpaired) electrons. The Morgan fingerprint density at radius 3 is 2.79 bits per heavy atom. The van der Waals surface area contributed by atoms with E-state index in [4.69, 9.17) is 32.7 Å². The van der Waals surface area contributed by atoms with Crippen LogP contribution in [0.15, 0.2) is 24.3 Å². The molecule has 1 heterocycles. The van der Waals surface area contributed by atoms with Crippen LogP contribution in [0.3, 0.4) is 0 Å². The van der Waals surface area contributed by atoms with Gasteiger partial charge in [-0.3, -0.25) is 0 Å². The first-order valence-electron chi connectivity index (χ1n) is 4.38. The Morgan fingerprint density at radius 1 is 1.36 bits per heavy atom.